The molecule has 7 heteroatoms. The molecule has 0 saturated heterocycles. The Balaban J connectivity index is 2.16. The molecule has 0 unspecified atom stereocenters. The van der Waals surface area contributed by atoms with Gasteiger partial charge >= 0.3 is 5.69 Å². The number of nitrogen functional groups attached to an aromatic ring is 1. The SMILES string of the molecule is Nc1[nH]c(=O)nc2nc3c(nc12)C(=O)c1ccccc1-3. The zero-order chi connectivity index (χ0) is 13.9. The lowest BCUT2D eigenvalue weighted by molar-refractivity contribution is 0.103. The van der Waals surface area contributed by atoms with Gasteiger partial charge in [0.25, 0.3) is 0 Å². The summed E-state index contributed by atoms with van der Waals surface area (Å²) >= 11 is 0. The lowest BCUT2D eigenvalue weighted by atomic mass is 10.1. The molecule has 20 heavy (non-hydrogen) atoms. The van der Waals surface area contributed by atoms with E-state index in [0.717, 1.165) is 0 Å². The summed E-state index contributed by atoms with van der Waals surface area (Å²) in [6.07, 6.45) is 0. The number of nitrogens with one attached hydrogen (secondary N) is 1. The number of rotatable bonds is 0. The second-order valence-electron chi connectivity index (χ2n) is 4.42. The molecule has 3 aromatic rings. The number of nitrogens with zero attached hydrogens (tertiary/aromatic N) is 3. The minimum atomic E-state index is -0.596. The first-order valence-electron chi connectivity index (χ1n) is 5.87. The monoisotopic (exact) mass is 265 g/mol. The third-order valence-corrected chi connectivity index (χ3v) is 3.22. The molecule has 7 nitrogen and oxygen atoms in total. The Morgan fingerprint density at radius 3 is 2.50 bits per heavy atom. The highest BCUT2D eigenvalue weighted by Crippen LogP contribution is 2.34. The van der Waals surface area contributed by atoms with Gasteiger partial charge in [-0.1, -0.05) is 24.3 Å². The number of aromatic amines is 1. The number of hydrogen-bond acceptors (Lipinski definition) is 6. The fraction of sp³-hybridized carbons (Fsp3) is 0. The predicted octanol–water partition coefficient (Wildman–Crippen LogP) is 0.507. The Kier molecular flexibility index (Phi) is 1.88. The third-order valence-electron chi connectivity index (χ3n) is 3.22. The van der Waals surface area contributed by atoms with Crippen LogP contribution in [-0.2, 0) is 0 Å². The number of nitrogens with two attached hydrogens (primary N) is 1. The molecule has 0 fully saturated rings. The number of hydrogen-bond donors (Lipinski definition) is 2. The van der Waals surface area contributed by atoms with Gasteiger partial charge in [0, 0.05) is 11.1 Å². The maximum atomic E-state index is 12.3. The molecule has 0 radical (unpaired) electrons. The van der Waals surface area contributed by atoms with E-state index in [2.05, 4.69) is 19.9 Å². The lowest BCUT2D eigenvalue weighted by Gasteiger charge is -2.02. The molecular weight excluding hydrogens is 258 g/mol. The predicted molar refractivity (Wildman–Crippen MR) is 71.2 cm³/mol. The van der Waals surface area contributed by atoms with E-state index in [0.29, 0.717) is 16.8 Å². The van der Waals surface area contributed by atoms with Gasteiger partial charge in [-0.3, -0.25) is 9.78 Å². The second kappa shape index (κ2) is 3.47. The largest absolute Gasteiger partial charge is 0.383 e. The molecule has 2 heterocycles. The van der Waals surface area contributed by atoms with Crippen molar-refractivity contribution in [2.75, 3.05) is 5.73 Å². The minimum Gasteiger partial charge on any atom is -0.383 e. The van der Waals surface area contributed by atoms with E-state index in [1.807, 2.05) is 6.07 Å². The molecular formula is C13H7N5O2. The zero-order valence-corrected chi connectivity index (χ0v) is 10.0. The van der Waals surface area contributed by atoms with Gasteiger partial charge in [-0.15, -0.1) is 0 Å². The zero-order valence-electron chi connectivity index (χ0n) is 10.0. The van der Waals surface area contributed by atoms with E-state index in [9.17, 15) is 9.59 Å². The molecule has 2 aromatic heterocycles. The van der Waals surface area contributed by atoms with Crippen LogP contribution in [0.25, 0.3) is 22.4 Å². The van der Waals surface area contributed by atoms with Crippen LogP contribution in [0.4, 0.5) is 5.82 Å². The maximum absolute atomic E-state index is 12.3. The number of anilines is 1. The molecule has 1 aromatic carbocycles. The number of aromatic nitrogens is 4. The van der Waals surface area contributed by atoms with Gasteiger partial charge in [0.1, 0.15) is 22.7 Å². The molecule has 0 spiro atoms. The van der Waals surface area contributed by atoms with Crippen LogP contribution in [0.15, 0.2) is 29.1 Å². The summed E-state index contributed by atoms with van der Waals surface area (Å²) in [6, 6.07) is 7.09. The summed E-state index contributed by atoms with van der Waals surface area (Å²) in [7, 11) is 0. The summed E-state index contributed by atoms with van der Waals surface area (Å²) < 4.78 is 0. The number of ketones is 1. The third kappa shape index (κ3) is 1.26. The number of carbonyl (C=O) groups excluding carboxylic acids is 1. The normalized spacial score (nSPS) is 12.5. The number of benzene rings is 1. The topological polar surface area (TPSA) is 115 Å². The van der Waals surface area contributed by atoms with E-state index in [4.69, 9.17) is 5.73 Å². The van der Waals surface area contributed by atoms with Crippen molar-refractivity contribution in [3.05, 3.63) is 46.0 Å². The molecule has 0 amide bonds. The molecule has 0 saturated carbocycles. The van der Waals surface area contributed by atoms with E-state index in [1.165, 1.54) is 0 Å². The molecule has 4 rings (SSSR count). The molecule has 96 valence electrons. The Morgan fingerprint density at radius 1 is 0.950 bits per heavy atom. The van der Waals surface area contributed by atoms with E-state index >= 15 is 0 Å². The van der Waals surface area contributed by atoms with E-state index in [-0.39, 0.29) is 28.5 Å². The fourth-order valence-electron chi connectivity index (χ4n) is 2.34. The first kappa shape index (κ1) is 10.8. The summed E-state index contributed by atoms with van der Waals surface area (Å²) in [5.41, 5.74) is 7.37. The van der Waals surface area contributed by atoms with Crippen LogP contribution >= 0.6 is 0 Å². The number of fused-ring (bicyclic) bond motifs is 4. The number of carbonyl (C=O) groups is 1. The summed E-state index contributed by atoms with van der Waals surface area (Å²) in [5, 5.41) is 0. The first-order valence-corrected chi connectivity index (χ1v) is 5.87. The van der Waals surface area contributed by atoms with Crippen LogP contribution in [0.1, 0.15) is 16.1 Å². The Morgan fingerprint density at radius 2 is 1.70 bits per heavy atom. The van der Waals surface area contributed by atoms with Crippen molar-refractivity contribution in [1.29, 1.82) is 0 Å². The van der Waals surface area contributed by atoms with Gasteiger partial charge in [0.05, 0.1) is 0 Å². The van der Waals surface area contributed by atoms with Crippen molar-refractivity contribution in [2.24, 2.45) is 0 Å². The first-order chi connectivity index (χ1) is 9.65. The Bertz CT molecular complexity index is 961. The van der Waals surface area contributed by atoms with Gasteiger partial charge < -0.3 is 5.73 Å². The van der Waals surface area contributed by atoms with E-state index < -0.39 is 5.69 Å². The van der Waals surface area contributed by atoms with Crippen molar-refractivity contribution >= 4 is 22.8 Å². The minimum absolute atomic E-state index is 0.0547. The van der Waals surface area contributed by atoms with Crippen molar-refractivity contribution < 1.29 is 4.79 Å². The highest BCUT2D eigenvalue weighted by atomic mass is 16.1. The molecule has 0 atom stereocenters. The summed E-state index contributed by atoms with van der Waals surface area (Å²) in [5.74, 6) is -0.144. The second-order valence-corrected chi connectivity index (χ2v) is 4.42. The van der Waals surface area contributed by atoms with Gasteiger partial charge in [0.15, 0.2) is 5.65 Å². The van der Waals surface area contributed by atoms with Crippen LogP contribution in [0, 0.1) is 0 Å². The van der Waals surface area contributed by atoms with Crippen molar-refractivity contribution in [3.63, 3.8) is 0 Å². The molecule has 0 bridgehead atoms. The van der Waals surface area contributed by atoms with Crippen molar-refractivity contribution in [3.8, 4) is 11.3 Å². The van der Waals surface area contributed by atoms with Crippen LogP contribution in [0.3, 0.4) is 0 Å². The standard InChI is InChI=1S/C13H7N5O2/c14-11-9-12(18-13(20)17-11)16-7-5-3-1-2-4-6(5)10(19)8(7)15-9/h1-4H,(H3,14,16,17,18,20). The van der Waals surface area contributed by atoms with Gasteiger partial charge in [-0.05, 0) is 0 Å². The molecule has 0 aliphatic heterocycles. The highest BCUT2D eigenvalue weighted by Gasteiger charge is 2.30. The lowest BCUT2D eigenvalue weighted by Crippen LogP contribution is -2.15. The highest BCUT2D eigenvalue weighted by molar-refractivity contribution is 6.20. The average molecular weight is 265 g/mol. The molecule has 1 aliphatic rings. The van der Waals surface area contributed by atoms with Crippen LogP contribution in [0.2, 0.25) is 0 Å². The quantitative estimate of drug-likeness (QED) is 0.478. The maximum Gasteiger partial charge on any atom is 0.348 e. The fourth-order valence-corrected chi connectivity index (χ4v) is 2.34. The van der Waals surface area contributed by atoms with Crippen LogP contribution in [0.5, 0.6) is 0 Å². The van der Waals surface area contributed by atoms with Gasteiger partial charge in [-0.25, -0.2) is 14.8 Å². The smallest absolute Gasteiger partial charge is 0.348 e. The van der Waals surface area contributed by atoms with Crippen LogP contribution in [-0.4, -0.2) is 25.7 Å². The summed E-state index contributed by atoms with van der Waals surface area (Å²) in [4.78, 5) is 38.2. The van der Waals surface area contributed by atoms with Crippen LogP contribution < -0.4 is 11.4 Å². The Labute approximate surface area is 111 Å². The van der Waals surface area contributed by atoms with Gasteiger partial charge in [0.2, 0.25) is 5.78 Å². The Hall–Kier alpha value is -3.09. The average Bonchev–Trinajstić information content (AvgIpc) is 2.71. The van der Waals surface area contributed by atoms with Gasteiger partial charge in [-0.2, -0.15) is 4.98 Å². The van der Waals surface area contributed by atoms with Crippen molar-refractivity contribution in [2.45, 2.75) is 0 Å². The van der Waals surface area contributed by atoms with E-state index in [1.54, 1.807) is 18.2 Å². The molecule has 3 N–H and O–H groups in total. The number of H-pyrrole nitrogens is 1. The molecule has 1 aliphatic carbocycles. The van der Waals surface area contributed by atoms with Crippen molar-refractivity contribution in [1.82, 2.24) is 19.9 Å². The summed E-state index contributed by atoms with van der Waals surface area (Å²) in [6.45, 7) is 0.